The minimum absolute atomic E-state index is 0.0480. The Balaban J connectivity index is 3.13. The predicted molar refractivity (Wildman–Crippen MR) is 51.3 cm³/mol. The summed E-state index contributed by atoms with van der Waals surface area (Å²) >= 11 is 0. The average molecular weight is 193 g/mol. The summed E-state index contributed by atoms with van der Waals surface area (Å²) < 4.78 is 0. The third-order valence-corrected chi connectivity index (χ3v) is 1.83. The minimum atomic E-state index is -0.728. The summed E-state index contributed by atoms with van der Waals surface area (Å²) in [4.78, 5) is 11.0. The Morgan fingerprint density at radius 2 is 2.29 bits per heavy atom. The van der Waals surface area contributed by atoms with E-state index in [1.807, 2.05) is 0 Å². The van der Waals surface area contributed by atoms with Gasteiger partial charge >= 0.3 is 0 Å². The van der Waals surface area contributed by atoms with Gasteiger partial charge in [-0.1, -0.05) is 18.2 Å². The number of amides is 1. The summed E-state index contributed by atoms with van der Waals surface area (Å²) in [5.74, 6) is -0.854. The molecule has 1 aromatic carbocycles. The zero-order chi connectivity index (χ0) is 10.6. The maximum atomic E-state index is 11.0. The van der Waals surface area contributed by atoms with Crippen LogP contribution in [0, 0.1) is 0 Å². The number of para-hydroxylation sites is 1. The molecule has 0 aliphatic rings. The van der Waals surface area contributed by atoms with E-state index in [-0.39, 0.29) is 11.3 Å². The molecule has 0 heterocycles. The van der Waals surface area contributed by atoms with Gasteiger partial charge in [-0.15, -0.1) is 6.58 Å². The van der Waals surface area contributed by atoms with Gasteiger partial charge in [-0.2, -0.15) is 0 Å². The van der Waals surface area contributed by atoms with Crippen molar-refractivity contribution in [3.8, 4) is 5.75 Å². The van der Waals surface area contributed by atoms with E-state index < -0.39 is 5.91 Å². The topological polar surface area (TPSA) is 69.6 Å². The Morgan fingerprint density at radius 1 is 1.57 bits per heavy atom. The first kappa shape index (κ1) is 10.3. The SMILES string of the molecule is C=CCc1cccc(C(=O)NO)c1O. The largest absolute Gasteiger partial charge is 0.507 e. The van der Waals surface area contributed by atoms with Crippen LogP contribution in [0.15, 0.2) is 30.9 Å². The van der Waals surface area contributed by atoms with E-state index in [2.05, 4.69) is 6.58 Å². The van der Waals surface area contributed by atoms with Crippen LogP contribution in [0.4, 0.5) is 0 Å². The molecule has 74 valence electrons. The minimum Gasteiger partial charge on any atom is -0.507 e. The molecule has 1 amide bonds. The summed E-state index contributed by atoms with van der Waals surface area (Å²) in [7, 11) is 0. The lowest BCUT2D eigenvalue weighted by Crippen LogP contribution is -2.18. The van der Waals surface area contributed by atoms with Crippen molar-refractivity contribution in [1.82, 2.24) is 5.48 Å². The molecule has 4 heteroatoms. The molecule has 14 heavy (non-hydrogen) atoms. The van der Waals surface area contributed by atoms with Gasteiger partial charge in [0.25, 0.3) is 5.91 Å². The molecule has 0 fully saturated rings. The first-order valence-corrected chi connectivity index (χ1v) is 4.07. The van der Waals surface area contributed by atoms with Crippen LogP contribution in [-0.4, -0.2) is 16.2 Å². The van der Waals surface area contributed by atoms with Crippen molar-refractivity contribution in [3.63, 3.8) is 0 Å². The number of nitrogens with one attached hydrogen (secondary N) is 1. The van der Waals surface area contributed by atoms with Crippen molar-refractivity contribution in [1.29, 1.82) is 0 Å². The number of allylic oxidation sites excluding steroid dienone is 1. The van der Waals surface area contributed by atoms with Gasteiger partial charge in [0, 0.05) is 0 Å². The number of aromatic hydroxyl groups is 1. The van der Waals surface area contributed by atoms with E-state index in [4.69, 9.17) is 5.21 Å². The summed E-state index contributed by atoms with van der Waals surface area (Å²) in [6.07, 6.45) is 2.09. The predicted octanol–water partition coefficient (Wildman–Crippen LogP) is 1.24. The lowest BCUT2D eigenvalue weighted by atomic mass is 10.1. The average Bonchev–Trinajstić information content (AvgIpc) is 2.20. The second-order valence-corrected chi connectivity index (χ2v) is 2.75. The van der Waals surface area contributed by atoms with Gasteiger partial charge in [-0.25, -0.2) is 5.48 Å². The highest BCUT2D eigenvalue weighted by Gasteiger charge is 2.12. The van der Waals surface area contributed by atoms with Crippen LogP contribution in [0.5, 0.6) is 5.75 Å². The number of benzene rings is 1. The molecular formula is C10H11NO3. The zero-order valence-electron chi connectivity index (χ0n) is 7.53. The number of phenolic OH excluding ortho intramolecular Hbond substituents is 1. The highest BCUT2D eigenvalue weighted by molar-refractivity contribution is 5.96. The van der Waals surface area contributed by atoms with Gasteiger partial charge < -0.3 is 5.11 Å². The molecule has 1 rings (SSSR count). The molecule has 4 nitrogen and oxygen atoms in total. The van der Waals surface area contributed by atoms with E-state index in [1.165, 1.54) is 11.5 Å². The van der Waals surface area contributed by atoms with E-state index >= 15 is 0 Å². The van der Waals surface area contributed by atoms with Crippen LogP contribution in [0.1, 0.15) is 15.9 Å². The molecule has 3 N–H and O–H groups in total. The molecule has 0 aliphatic carbocycles. The number of phenols is 1. The molecule has 0 saturated heterocycles. The second-order valence-electron chi connectivity index (χ2n) is 2.75. The first-order valence-electron chi connectivity index (χ1n) is 4.07. The van der Waals surface area contributed by atoms with Crippen molar-refractivity contribution >= 4 is 5.91 Å². The number of hydrogen-bond donors (Lipinski definition) is 3. The monoisotopic (exact) mass is 193 g/mol. The number of carbonyl (C=O) groups is 1. The van der Waals surface area contributed by atoms with Crippen LogP contribution >= 0.6 is 0 Å². The van der Waals surface area contributed by atoms with Gasteiger partial charge in [-0.05, 0) is 18.1 Å². The number of hydroxylamine groups is 1. The lowest BCUT2D eigenvalue weighted by Gasteiger charge is -2.06. The van der Waals surface area contributed by atoms with Crippen molar-refractivity contribution in [2.45, 2.75) is 6.42 Å². The van der Waals surface area contributed by atoms with E-state index in [0.717, 1.165) is 0 Å². The third kappa shape index (κ3) is 1.92. The highest BCUT2D eigenvalue weighted by atomic mass is 16.5. The highest BCUT2D eigenvalue weighted by Crippen LogP contribution is 2.22. The van der Waals surface area contributed by atoms with Crippen LogP contribution in [-0.2, 0) is 6.42 Å². The van der Waals surface area contributed by atoms with Gasteiger partial charge in [0.15, 0.2) is 0 Å². The molecule has 0 unspecified atom stereocenters. The zero-order valence-corrected chi connectivity index (χ0v) is 7.53. The Hall–Kier alpha value is -1.81. The Morgan fingerprint density at radius 3 is 2.86 bits per heavy atom. The van der Waals surface area contributed by atoms with Crippen LogP contribution < -0.4 is 5.48 Å². The Labute approximate surface area is 81.5 Å². The molecular weight excluding hydrogens is 182 g/mol. The molecule has 0 bridgehead atoms. The van der Waals surface area contributed by atoms with Crippen LogP contribution in [0.2, 0.25) is 0 Å². The van der Waals surface area contributed by atoms with Crippen LogP contribution in [0.3, 0.4) is 0 Å². The Bertz CT molecular complexity index is 360. The van der Waals surface area contributed by atoms with Gasteiger partial charge in [0.2, 0.25) is 0 Å². The summed E-state index contributed by atoms with van der Waals surface area (Å²) in [6, 6.07) is 4.74. The fourth-order valence-electron chi connectivity index (χ4n) is 1.16. The fourth-order valence-corrected chi connectivity index (χ4v) is 1.16. The molecule has 0 atom stereocenters. The van der Waals surface area contributed by atoms with Gasteiger partial charge in [-0.3, -0.25) is 10.0 Å². The normalized spacial score (nSPS) is 9.50. The van der Waals surface area contributed by atoms with Crippen LogP contribution in [0.25, 0.3) is 0 Å². The van der Waals surface area contributed by atoms with E-state index in [9.17, 15) is 9.90 Å². The molecule has 1 aromatic rings. The van der Waals surface area contributed by atoms with Crippen molar-refractivity contribution < 1.29 is 15.1 Å². The smallest absolute Gasteiger partial charge is 0.278 e. The number of carbonyl (C=O) groups excluding carboxylic acids is 1. The van der Waals surface area contributed by atoms with Gasteiger partial charge in [0.05, 0.1) is 5.56 Å². The first-order chi connectivity index (χ1) is 6.70. The maximum absolute atomic E-state index is 11.0. The third-order valence-electron chi connectivity index (χ3n) is 1.83. The van der Waals surface area contributed by atoms with Crippen molar-refractivity contribution in [2.75, 3.05) is 0 Å². The standard InChI is InChI=1S/C10H11NO3/c1-2-4-7-5-3-6-8(9(7)12)10(13)11-14/h2-3,5-6,12,14H,1,4H2,(H,11,13). The van der Waals surface area contributed by atoms with Crippen molar-refractivity contribution in [2.24, 2.45) is 0 Å². The Kier molecular flexibility index (Phi) is 3.25. The lowest BCUT2D eigenvalue weighted by molar-refractivity contribution is 0.0703. The molecule has 0 spiro atoms. The maximum Gasteiger partial charge on any atom is 0.278 e. The van der Waals surface area contributed by atoms with E-state index in [1.54, 1.807) is 18.2 Å². The number of rotatable bonds is 3. The summed E-state index contributed by atoms with van der Waals surface area (Å²) in [5, 5.41) is 18.0. The van der Waals surface area contributed by atoms with E-state index in [0.29, 0.717) is 12.0 Å². The van der Waals surface area contributed by atoms with Gasteiger partial charge in [0.1, 0.15) is 5.75 Å². The molecule has 0 radical (unpaired) electrons. The molecule has 0 aliphatic heterocycles. The second kappa shape index (κ2) is 4.43. The van der Waals surface area contributed by atoms with Crippen molar-refractivity contribution in [3.05, 3.63) is 42.0 Å². The number of hydrogen-bond acceptors (Lipinski definition) is 3. The summed E-state index contributed by atoms with van der Waals surface area (Å²) in [6.45, 7) is 3.53. The fraction of sp³-hybridized carbons (Fsp3) is 0.100. The molecule has 0 aromatic heterocycles. The quantitative estimate of drug-likeness (QED) is 0.384. The molecule has 0 saturated carbocycles. The summed E-state index contributed by atoms with van der Waals surface area (Å²) in [5.41, 5.74) is 2.11.